The molecule has 0 N–H and O–H groups in total. The third-order valence-electron chi connectivity index (χ3n) is 2.78. The van der Waals surface area contributed by atoms with Crippen molar-refractivity contribution in [3.63, 3.8) is 0 Å². The molecule has 0 aromatic heterocycles. The molecule has 0 aromatic carbocycles. The Morgan fingerprint density at radius 3 is 2.19 bits per heavy atom. The highest BCUT2D eigenvalue weighted by molar-refractivity contribution is 14.1. The van der Waals surface area contributed by atoms with Crippen molar-refractivity contribution in [2.75, 3.05) is 9.76 Å². The quantitative estimate of drug-likeness (QED) is 0.359. The molecule has 98 valence electrons. The van der Waals surface area contributed by atoms with Crippen molar-refractivity contribution in [2.45, 2.75) is 45.2 Å². The molecule has 0 fully saturated rings. The fourth-order valence-corrected chi connectivity index (χ4v) is 3.04. The predicted octanol–water partition coefficient (Wildman–Crippen LogP) is 5.58. The van der Waals surface area contributed by atoms with Gasteiger partial charge in [0, 0.05) is 9.76 Å². The Kier molecular flexibility index (Phi) is 9.56. The van der Waals surface area contributed by atoms with Crippen molar-refractivity contribution < 1.29 is 13.2 Å². The molecule has 2 atom stereocenters. The van der Waals surface area contributed by atoms with E-state index in [-0.39, 0.29) is 12.3 Å². The van der Waals surface area contributed by atoms with Crippen molar-refractivity contribution in [3.05, 3.63) is 0 Å². The molecule has 0 nitrogen and oxygen atoms in total. The highest BCUT2D eigenvalue weighted by Gasteiger charge is 2.43. The summed E-state index contributed by atoms with van der Waals surface area (Å²) in [7, 11) is 0. The van der Waals surface area contributed by atoms with Crippen molar-refractivity contribution in [1.82, 2.24) is 0 Å². The van der Waals surface area contributed by atoms with E-state index in [4.69, 9.17) is 0 Å². The summed E-state index contributed by atoms with van der Waals surface area (Å²) in [4.78, 5) is 0. The summed E-state index contributed by atoms with van der Waals surface area (Å²) in [5.74, 6) is -1.30. The Morgan fingerprint density at radius 2 is 1.81 bits per heavy atom. The van der Waals surface area contributed by atoms with Gasteiger partial charge in [0.1, 0.15) is 0 Å². The van der Waals surface area contributed by atoms with Crippen molar-refractivity contribution in [3.8, 4) is 0 Å². The molecule has 2 unspecified atom stereocenters. The predicted molar refractivity (Wildman–Crippen MR) is 74.5 cm³/mol. The van der Waals surface area contributed by atoms with E-state index >= 15 is 0 Å². The van der Waals surface area contributed by atoms with Crippen LogP contribution in [-0.4, -0.2) is 15.9 Å². The van der Waals surface area contributed by atoms with E-state index in [1.807, 2.05) is 29.5 Å². The van der Waals surface area contributed by atoms with E-state index in [1.165, 1.54) is 0 Å². The number of hydrogen-bond acceptors (Lipinski definition) is 0. The van der Waals surface area contributed by atoms with E-state index in [1.54, 1.807) is 0 Å². The van der Waals surface area contributed by atoms with Crippen LogP contribution in [0.25, 0.3) is 0 Å². The zero-order chi connectivity index (χ0) is 12.6. The highest BCUT2D eigenvalue weighted by atomic mass is 127. The number of alkyl halides is 5. The largest absolute Gasteiger partial charge is 0.392 e. The zero-order valence-electron chi connectivity index (χ0n) is 9.49. The summed E-state index contributed by atoms with van der Waals surface area (Å²) in [6.45, 7) is 1.96. The minimum Gasteiger partial charge on any atom is -0.171 e. The summed E-state index contributed by atoms with van der Waals surface area (Å²) in [5.41, 5.74) is 0. The van der Waals surface area contributed by atoms with Crippen LogP contribution in [-0.2, 0) is 0 Å². The molecule has 0 rings (SSSR count). The minimum absolute atomic E-state index is 0.197. The van der Waals surface area contributed by atoms with Crippen molar-refractivity contribution >= 4 is 38.5 Å². The summed E-state index contributed by atoms with van der Waals surface area (Å²) in [6.07, 6.45) is -0.735. The molecule has 0 heterocycles. The minimum atomic E-state index is -4.03. The van der Waals surface area contributed by atoms with Gasteiger partial charge in [0.25, 0.3) is 0 Å². The fourth-order valence-electron chi connectivity index (χ4n) is 2.04. The molecule has 0 bridgehead atoms. The Labute approximate surface area is 118 Å². The molecule has 5 heteroatoms. The van der Waals surface area contributed by atoms with Crippen LogP contribution >= 0.6 is 38.5 Å². The first kappa shape index (κ1) is 17.0. The normalized spacial score (nSPS) is 16.1. The Morgan fingerprint density at radius 1 is 1.19 bits per heavy atom. The van der Waals surface area contributed by atoms with Gasteiger partial charge >= 0.3 is 6.18 Å². The number of halogens is 5. The van der Waals surface area contributed by atoms with E-state index in [2.05, 4.69) is 15.9 Å². The average Bonchev–Trinajstić information content (AvgIpc) is 2.19. The second-order valence-electron chi connectivity index (χ2n) is 4.01. The first-order valence-electron chi connectivity index (χ1n) is 5.66. The van der Waals surface area contributed by atoms with E-state index in [0.29, 0.717) is 17.3 Å². The summed E-state index contributed by atoms with van der Waals surface area (Å²) in [6, 6.07) is 0. The van der Waals surface area contributed by atoms with Gasteiger partial charge in [-0.1, -0.05) is 58.3 Å². The summed E-state index contributed by atoms with van der Waals surface area (Å²) >= 11 is 5.32. The average molecular weight is 415 g/mol. The van der Waals surface area contributed by atoms with Gasteiger partial charge in [-0.3, -0.25) is 0 Å². The van der Waals surface area contributed by atoms with Crippen LogP contribution in [0.15, 0.2) is 0 Å². The standard InChI is InChI=1S/C11H19BrF3I/c1-2-4-9(5-3-7-12)10(6-8-16)11(13,14)15/h9-10H,2-8H2,1H3. The van der Waals surface area contributed by atoms with Gasteiger partial charge in [-0.05, 0) is 25.2 Å². The second kappa shape index (κ2) is 9.00. The van der Waals surface area contributed by atoms with Crippen molar-refractivity contribution in [1.29, 1.82) is 0 Å². The molecule has 0 aliphatic heterocycles. The van der Waals surface area contributed by atoms with E-state index in [0.717, 1.165) is 18.2 Å². The van der Waals surface area contributed by atoms with Gasteiger partial charge < -0.3 is 0 Å². The molecular weight excluding hydrogens is 396 g/mol. The van der Waals surface area contributed by atoms with Gasteiger partial charge in [0.05, 0.1) is 5.92 Å². The maximum atomic E-state index is 12.9. The summed E-state index contributed by atoms with van der Waals surface area (Å²) in [5, 5.41) is 0.794. The van der Waals surface area contributed by atoms with Crippen LogP contribution in [0.5, 0.6) is 0 Å². The smallest absolute Gasteiger partial charge is 0.171 e. The van der Waals surface area contributed by atoms with Crippen LogP contribution in [0, 0.1) is 11.8 Å². The molecule has 0 aliphatic rings. The molecule has 0 radical (unpaired) electrons. The second-order valence-corrected chi connectivity index (χ2v) is 5.88. The first-order chi connectivity index (χ1) is 7.47. The maximum Gasteiger partial charge on any atom is 0.392 e. The Bertz CT molecular complexity index is 173. The molecule has 0 saturated carbocycles. The topological polar surface area (TPSA) is 0 Å². The lowest BCUT2D eigenvalue weighted by Crippen LogP contribution is -2.31. The van der Waals surface area contributed by atoms with Gasteiger partial charge in [-0.2, -0.15) is 13.2 Å². The Balaban J connectivity index is 4.51. The fraction of sp³-hybridized carbons (Fsp3) is 1.00. The SMILES string of the molecule is CCCC(CCCBr)C(CCI)C(F)(F)F. The van der Waals surface area contributed by atoms with E-state index < -0.39 is 12.1 Å². The molecule has 0 aliphatic carbocycles. The Hall–Kier alpha value is 1.000. The van der Waals surface area contributed by atoms with Crippen LogP contribution < -0.4 is 0 Å². The van der Waals surface area contributed by atoms with Crippen LogP contribution in [0.3, 0.4) is 0 Å². The monoisotopic (exact) mass is 414 g/mol. The van der Waals surface area contributed by atoms with Gasteiger partial charge in [-0.15, -0.1) is 0 Å². The number of hydrogen-bond donors (Lipinski definition) is 0. The molecule has 0 saturated heterocycles. The van der Waals surface area contributed by atoms with Crippen LogP contribution in [0.1, 0.15) is 39.0 Å². The molecule has 0 spiro atoms. The third-order valence-corrected chi connectivity index (χ3v) is 3.96. The number of rotatable bonds is 8. The zero-order valence-corrected chi connectivity index (χ0v) is 13.2. The molecular formula is C11H19BrF3I. The molecule has 0 amide bonds. The van der Waals surface area contributed by atoms with E-state index in [9.17, 15) is 13.2 Å². The van der Waals surface area contributed by atoms with Crippen LogP contribution in [0.2, 0.25) is 0 Å². The third kappa shape index (κ3) is 6.67. The lowest BCUT2D eigenvalue weighted by atomic mass is 9.83. The maximum absolute atomic E-state index is 12.9. The molecule has 0 aromatic rings. The first-order valence-corrected chi connectivity index (χ1v) is 8.30. The lowest BCUT2D eigenvalue weighted by molar-refractivity contribution is -0.190. The lowest BCUT2D eigenvalue weighted by Gasteiger charge is -2.28. The molecule has 16 heavy (non-hydrogen) atoms. The highest BCUT2D eigenvalue weighted by Crippen LogP contribution is 2.39. The van der Waals surface area contributed by atoms with Gasteiger partial charge in [0.15, 0.2) is 0 Å². The van der Waals surface area contributed by atoms with Gasteiger partial charge in [-0.25, -0.2) is 0 Å². The van der Waals surface area contributed by atoms with Crippen LogP contribution in [0.4, 0.5) is 13.2 Å². The van der Waals surface area contributed by atoms with Gasteiger partial charge in [0.2, 0.25) is 0 Å². The van der Waals surface area contributed by atoms with Crippen molar-refractivity contribution in [2.24, 2.45) is 11.8 Å². The summed E-state index contributed by atoms with van der Waals surface area (Å²) < 4.78 is 39.3.